The van der Waals surface area contributed by atoms with Crippen molar-refractivity contribution in [3.63, 3.8) is 0 Å². The Morgan fingerprint density at radius 3 is 2.66 bits per heavy atom. The van der Waals surface area contributed by atoms with Crippen LogP contribution in [0.15, 0.2) is 47.4 Å². The number of nitrogens with zero attached hydrogens (tertiary/aromatic N) is 2. The molecule has 0 bridgehead atoms. The second kappa shape index (κ2) is 9.66. The third-order valence-electron chi connectivity index (χ3n) is 5.55. The summed E-state index contributed by atoms with van der Waals surface area (Å²) in [4.78, 5) is 23.3. The first kappa shape index (κ1) is 23.7. The average Bonchev–Trinajstić information content (AvgIpc) is 2.78. The molecule has 172 valence electrons. The maximum absolute atomic E-state index is 13.4. The Morgan fingerprint density at radius 1 is 1.25 bits per heavy atom. The number of benzene rings is 2. The lowest BCUT2D eigenvalue weighted by Crippen LogP contribution is -2.43. The summed E-state index contributed by atoms with van der Waals surface area (Å²) in [7, 11) is -2.45. The van der Waals surface area contributed by atoms with Crippen molar-refractivity contribution in [3.05, 3.63) is 58.1 Å². The standard InChI is InChI=1S/C22H27N3O6S/c1-15(2)16-9-10-20(31-3)21(12-16)32(29,30)24-11-5-6-17(14-24)22(26)23-18-7-4-8-19(13-18)25(27)28/h4,7-10,12-13,15,17H,5-6,11,14H2,1-3H3,(H,23,26)/t17-/m1/s1. The predicted octanol–water partition coefficient (Wildman–Crippen LogP) is 3.77. The highest BCUT2D eigenvalue weighted by molar-refractivity contribution is 7.89. The van der Waals surface area contributed by atoms with Gasteiger partial charge in [-0.15, -0.1) is 0 Å². The molecule has 1 amide bonds. The predicted molar refractivity (Wildman–Crippen MR) is 120 cm³/mol. The van der Waals surface area contributed by atoms with Gasteiger partial charge in [0.05, 0.1) is 18.0 Å². The Kier molecular flexibility index (Phi) is 7.15. The summed E-state index contributed by atoms with van der Waals surface area (Å²) in [5, 5.41) is 13.6. The number of sulfonamides is 1. The van der Waals surface area contributed by atoms with Crippen molar-refractivity contribution in [2.75, 3.05) is 25.5 Å². The van der Waals surface area contributed by atoms with E-state index >= 15 is 0 Å². The normalized spacial score (nSPS) is 17.2. The zero-order valence-corrected chi connectivity index (χ0v) is 19.1. The van der Waals surface area contributed by atoms with Crippen LogP contribution in [0.2, 0.25) is 0 Å². The topological polar surface area (TPSA) is 119 Å². The summed E-state index contributed by atoms with van der Waals surface area (Å²) in [6, 6.07) is 10.8. The SMILES string of the molecule is COc1ccc(C(C)C)cc1S(=O)(=O)N1CCC[C@@H](C(=O)Nc2cccc([N+](=O)[O-])c2)C1. The van der Waals surface area contributed by atoms with Crippen molar-refractivity contribution in [1.82, 2.24) is 4.31 Å². The molecule has 10 heteroatoms. The van der Waals surface area contributed by atoms with Gasteiger partial charge in [0, 0.05) is 30.9 Å². The second-order valence-corrected chi connectivity index (χ2v) is 9.97. The fraction of sp³-hybridized carbons (Fsp3) is 0.409. The van der Waals surface area contributed by atoms with Crippen LogP contribution in [0.1, 0.15) is 38.2 Å². The molecule has 0 aliphatic carbocycles. The lowest BCUT2D eigenvalue weighted by atomic mass is 9.98. The minimum atomic E-state index is -3.88. The number of hydrogen-bond acceptors (Lipinski definition) is 6. The lowest BCUT2D eigenvalue weighted by molar-refractivity contribution is -0.384. The summed E-state index contributed by atoms with van der Waals surface area (Å²) in [6.45, 7) is 4.29. The summed E-state index contributed by atoms with van der Waals surface area (Å²) >= 11 is 0. The smallest absolute Gasteiger partial charge is 0.271 e. The van der Waals surface area contributed by atoms with Crippen molar-refractivity contribution in [1.29, 1.82) is 0 Å². The van der Waals surface area contributed by atoms with E-state index < -0.39 is 20.9 Å². The minimum Gasteiger partial charge on any atom is -0.495 e. The summed E-state index contributed by atoms with van der Waals surface area (Å²) < 4.78 is 33.5. The number of non-ortho nitro benzene ring substituents is 1. The molecule has 0 spiro atoms. The third kappa shape index (κ3) is 5.08. The number of amides is 1. The fourth-order valence-electron chi connectivity index (χ4n) is 3.71. The quantitative estimate of drug-likeness (QED) is 0.495. The van der Waals surface area contributed by atoms with Crippen LogP contribution in [-0.4, -0.2) is 43.8 Å². The van der Waals surface area contributed by atoms with E-state index in [0.29, 0.717) is 25.1 Å². The molecule has 32 heavy (non-hydrogen) atoms. The number of methoxy groups -OCH3 is 1. The Labute approximate surface area is 187 Å². The van der Waals surface area contributed by atoms with Crippen LogP contribution in [0, 0.1) is 16.0 Å². The van der Waals surface area contributed by atoms with Gasteiger partial charge in [-0.1, -0.05) is 26.0 Å². The number of rotatable bonds is 7. The van der Waals surface area contributed by atoms with Gasteiger partial charge in [-0.25, -0.2) is 8.42 Å². The van der Waals surface area contributed by atoms with E-state index in [1.165, 1.54) is 29.6 Å². The van der Waals surface area contributed by atoms with E-state index in [1.54, 1.807) is 18.2 Å². The Bertz CT molecular complexity index is 1120. The van der Waals surface area contributed by atoms with Gasteiger partial charge in [-0.2, -0.15) is 4.31 Å². The molecule has 0 saturated carbocycles. The van der Waals surface area contributed by atoms with Gasteiger partial charge in [0.2, 0.25) is 15.9 Å². The molecular formula is C22H27N3O6S. The largest absolute Gasteiger partial charge is 0.495 e. The molecule has 1 heterocycles. The van der Waals surface area contributed by atoms with Crippen molar-refractivity contribution in [3.8, 4) is 5.75 Å². The van der Waals surface area contributed by atoms with Crippen molar-refractivity contribution in [2.45, 2.75) is 37.5 Å². The molecule has 1 saturated heterocycles. The molecule has 3 rings (SSSR count). The summed E-state index contributed by atoms with van der Waals surface area (Å²) in [5.41, 5.74) is 1.05. The van der Waals surface area contributed by atoms with Crippen LogP contribution < -0.4 is 10.1 Å². The third-order valence-corrected chi connectivity index (χ3v) is 7.44. The van der Waals surface area contributed by atoms with Gasteiger partial charge in [0.1, 0.15) is 10.6 Å². The molecule has 0 radical (unpaired) electrons. The number of piperidine rings is 1. The van der Waals surface area contributed by atoms with E-state index in [-0.39, 0.29) is 34.7 Å². The number of nitro benzene ring substituents is 1. The summed E-state index contributed by atoms with van der Waals surface area (Å²) in [5.74, 6) is -0.535. The van der Waals surface area contributed by atoms with E-state index in [1.807, 2.05) is 19.9 Å². The van der Waals surface area contributed by atoms with Crippen LogP contribution in [0.4, 0.5) is 11.4 Å². The molecule has 0 aromatic heterocycles. The van der Waals surface area contributed by atoms with Gasteiger partial charge >= 0.3 is 0 Å². The molecule has 0 unspecified atom stereocenters. The Hall–Kier alpha value is -2.98. The highest BCUT2D eigenvalue weighted by Gasteiger charge is 2.35. The number of carbonyl (C=O) groups excluding carboxylic acids is 1. The number of ether oxygens (including phenoxy) is 1. The molecular weight excluding hydrogens is 434 g/mol. The number of nitrogens with one attached hydrogen (secondary N) is 1. The lowest BCUT2D eigenvalue weighted by Gasteiger charge is -2.31. The first-order chi connectivity index (χ1) is 15.1. The number of nitro groups is 1. The monoisotopic (exact) mass is 461 g/mol. The molecule has 2 aromatic rings. The van der Waals surface area contributed by atoms with Crippen LogP contribution in [0.3, 0.4) is 0 Å². The Balaban J connectivity index is 1.81. The van der Waals surface area contributed by atoms with Crippen molar-refractivity contribution < 1.29 is 22.9 Å². The first-order valence-electron chi connectivity index (χ1n) is 10.4. The molecule has 1 N–H and O–H groups in total. The molecule has 1 aliphatic rings. The number of anilines is 1. The maximum Gasteiger partial charge on any atom is 0.271 e. The number of hydrogen-bond donors (Lipinski definition) is 1. The van der Waals surface area contributed by atoms with Crippen molar-refractivity contribution in [2.24, 2.45) is 5.92 Å². The first-order valence-corrected chi connectivity index (χ1v) is 11.8. The molecule has 1 fully saturated rings. The van der Waals surface area contributed by atoms with Gasteiger partial charge in [0.15, 0.2) is 0 Å². The van der Waals surface area contributed by atoms with E-state index in [2.05, 4.69) is 5.32 Å². The van der Waals surface area contributed by atoms with Gasteiger partial charge in [-0.3, -0.25) is 14.9 Å². The van der Waals surface area contributed by atoms with Gasteiger partial charge in [-0.05, 0) is 42.5 Å². The van der Waals surface area contributed by atoms with E-state index in [0.717, 1.165) is 5.56 Å². The molecule has 1 aliphatic heterocycles. The zero-order chi connectivity index (χ0) is 23.5. The number of carbonyl (C=O) groups is 1. The maximum atomic E-state index is 13.4. The Morgan fingerprint density at radius 2 is 2.00 bits per heavy atom. The van der Waals surface area contributed by atoms with Crippen LogP contribution >= 0.6 is 0 Å². The zero-order valence-electron chi connectivity index (χ0n) is 18.3. The summed E-state index contributed by atoms with van der Waals surface area (Å²) in [6.07, 6.45) is 1.05. The minimum absolute atomic E-state index is 0.0259. The van der Waals surface area contributed by atoms with Gasteiger partial charge < -0.3 is 10.1 Å². The highest BCUT2D eigenvalue weighted by atomic mass is 32.2. The van der Waals surface area contributed by atoms with Crippen LogP contribution in [0.25, 0.3) is 0 Å². The van der Waals surface area contributed by atoms with Crippen LogP contribution in [-0.2, 0) is 14.8 Å². The van der Waals surface area contributed by atoms with Crippen molar-refractivity contribution >= 4 is 27.3 Å². The second-order valence-electron chi connectivity index (χ2n) is 8.06. The molecule has 2 aromatic carbocycles. The molecule has 9 nitrogen and oxygen atoms in total. The fourth-order valence-corrected chi connectivity index (χ4v) is 5.42. The molecule has 1 atom stereocenters. The van der Waals surface area contributed by atoms with Gasteiger partial charge in [0.25, 0.3) is 5.69 Å². The highest BCUT2D eigenvalue weighted by Crippen LogP contribution is 2.32. The van der Waals surface area contributed by atoms with E-state index in [9.17, 15) is 23.3 Å². The van der Waals surface area contributed by atoms with E-state index in [4.69, 9.17) is 4.74 Å². The van der Waals surface area contributed by atoms with Crippen LogP contribution in [0.5, 0.6) is 5.75 Å². The average molecular weight is 462 g/mol.